The van der Waals surface area contributed by atoms with Crippen molar-refractivity contribution in [2.75, 3.05) is 39.5 Å². The molecule has 0 amide bonds. The Balaban J connectivity index is 1.28. The Bertz CT molecular complexity index is 681. The van der Waals surface area contributed by atoms with Crippen molar-refractivity contribution in [2.45, 2.75) is 110 Å². The van der Waals surface area contributed by atoms with Crippen molar-refractivity contribution in [2.24, 2.45) is 23.7 Å². The minimum absolute atomic E-state index is 0.0618. The first-order valence-corrected chi connectivity index (χ1v) is 15.4. The SMILES string of the molecule is CCCCC(CC#C[C@H]1CCC[C@@H]1CC=CCCCC(=O)OCCN1CCOCC1)C1CCCCC1. The molecule has 0 aromatic carbocycles. The van der Waals surface area contributed by atoms with Gasteiger partial charge in [-0.2, -0.15) is 0 Å². The van der Waals surface area contributed by atoms with Crippen LogP contribution in [0.5, 0.6) is 0 Å². The zero-order valence-electron chi connectivity index (χ0n) is 23.2. The molecule has 3 rings (SSSR count). The minimum Gasteiger partial charge on any atom is -0.464 e. The van der Waals surface area contributed by atoms with E-state index in [9.17, 15) is 4.79 Å². The summed E-state index contributed by atoms with van der Waals surface area (Å²) in [5.41, 5.74) is 0. The standard InChI is InChI=1S/C32H53NO3/c1-2-3-13-28(29-15-8-6-9-16-29)17-11-19-31-20-12-18-30(31)14-7-4-5-10-21-32(34)36-27-24-33-22-25-35-26-23-33/h4,7,28-31H,2-3,5-6,8-10,12-18,20-27H2,1H3/t28?,30-,31-/m0/s1. The molecule has 3 fully saturated rings. The van der Waals surface area contributed by atoms with E-state index in [0.29, 0.717) is 18.9 Å². The maximum atomic E-state index is 12.0. The lowest BCUT2D eigenvalue weighted by Crippen LogP contribution is -2.38. The second-order valence-corrected chi connectivity index (χ2v) is 11.4. The Morgan fingerprint density at radius 1 is 1.06 bits per heavy atom. The van der Waals surface area contributed by atoms with Gasteiger partial charge in [-0.15, -0.1) is 5.92 Å². The Kier molecular flexibility index (Phi) is 14.6. The summed E-state index contributed by atoms with van der Waals surface area (Å²) in [6.45, 7) is 7.09. The second kappa shape index (κ2) is 18.0. The van der Waals surface area contributed by atoms with Gasteiger partial charge in [0.25, 0.3) is 0 Å². The summed E-state index contributed by atoms with van der Waals surface area (Å²) < 4.78 is 10.7. The fourth-order valence-corrected chi connectivity index (χ4v) is 6.35. The monoisotopic (exact) mass is 499 g/mol. The summed E-state index contributed by atoms with van der Waals surface area (Å²) in [5.74, 6) is 10.4. The van der Waals surface area contributed by atoms with Crippen molar-refractivity contribution in [1.82, 2.24) is 4.90 Å². The zero-order chi connectivity index (χ0) is 25.3. The van der Waals surface area contributed by atoms with Crippen LogP contribution in [-0.4, -0.2) is 50.3 Å². The Hall–Kier alpha value is -1.31. The molecule has 4 heteroatoms. The van der Waals surface area contributed by atoms with Crippen LogP contribution in [0.3, 0.4) is 0 Å². The number of unbranched alkanes of at least 4 members (excludes halogenated alkanes) is 2. The van der Waals surface area contributed by atoms with Gasteiger partial charge in [0.15, 0.2) is 0 Å². The van der Waals surface area contributed by atoms with Crippen molar-refractivity contribution >= 4 is 5.97 Å². The average molecular weight is 500 g/mol. The lowest BCUT2D eigenvalue weighted by atomic mass is 9.76. The van der Waals surface area contributed by atoms with E-state index >= 15 is 0 Å². The molecular formula is C32H53NO3. The lowest BCUT2D eigenvalue weighted by molar-refractivity contribution is -0.144. The zero-order valence-corrected chi connectivity index (χ0v) is 23.2. The number of nitrogens with zero attached hydrogens (tertiary/aromatic N) is 1. The van der Waals surface area contributed by atoms with Crippen LogP contribution in [0.15, 0.2) is 12.2 Å². The molecular weight excluding hydrogens is 446 g/mol. The highest BCUT2D eigenvalue weighted by Gasteiger charge is 2.25. The van der Waals surface area contributed by atoms with E-state index < -0.39 is 0 Å². The van der Waals surface area contributed by atoms with E-state index in [1.807, 2.05) is 0 Å². The van der Waals surface area contributed by atoms with Crippen LogP contribution in [0.2, 0.25) is 0 Å². The number of morpholine rings is 1. The number of esters is 1. The Labute approximate surface area is 221 Å². The Morgan fingerprint density at radius 3 is 2.69 bits per heavy atom. The minimum atomic E-state index is -0.0618. The van der Waals surface area contributed by atoms with Crippen molar-refractivity contribution in [3.05, 3.63) is 12.2 Å². The van der Waals surface area contributed by atoms with Crippen LogP contribution in [0, 0.1) is 35.5 Å². The third-order valence-corrected chi connectivity index (χ3v) is 8.69. The summed E-state index contributed by atoms with van der Waals surface area (Å²) in [4.78, 5) is 14.3. The molecule has 1 saturated heterocycles. The van der Waals surface area contributed by atoms with Crippen LogP contribution in [-0.2, 0) is 14.3 Å². The van der Waals surface area contributed by atoms with Gasteiger partial charge in [0.1, 0.15) is 6.61 Å². The van der Waals surface area contributed by atoms with Crippen molar-refractivity contribution in [3.63, 3.8) is 0 Å². The molecule has 204 valence electrons. The van der Waals surface area contributed by atoms with E-state index in [4.69, 9.17) is 9.47 Å². The van der Waals surface area contributed by atoms with E-state index in [0.717, 1.165) is 76.3 Å². The molecule has 1 unspecified atom stereocenters. The van der Waals surface area contributed by atoms with Gasteiger partial charge < -0.3 is 9.47 Å². The number of carbonyl (C=O) groups is 1. The van der Waals surface area contributed by atoms with E-state index in [2.05, 4.69) is 35.8 Å². The summed E-state index contributed by atoms with van der Waals surface area (Å²) in [6, 6.07) is 0. The van der Waals surface area contributed by atoms with Crippen LogP contribution >= 0.6 is 0 Å². The van der Waals surface area contributed by atoms with Crippen LogP contribution in [0.4, 0.5) is 0 Å². The number of hydrogen-bond donors (Lipinski definition) is 0. The highest BCUT2D eigenvalue weighted by Crippen LogP contribution is 2.36. The largest absolute Gasteiger partial charge is 0.464 e. The summed E-state index contributed by atoms with van der Waals surface area (Å²) in [7, 11) is 0. The quantitative estimate of drug-likeness (QED) is 0.110. The summed E-state index contributed by atoms with van der Waals surface area (Å²) >= 11 is 0. The number of allylic oxidation sites excluding steroid dienone is 2. The number of carbonyl (C=O) groups excluding carboxylic acids is 1. The van der Waals surface area contributed by atoms with Gasteiger partial charge in [0.2, 0.25) is 0 Å². The molecule has 1 aliphatic heterocycles. The number of ether oxygens (including phenoxy) is 2. The van der Waals surface area contributed by atoms with Gasteiger partial charge in [0, 0.05) is 38.4 Å². The van der Waals surface area contributed by atoms with Gasteiger partial charge in [-0.05, 0) is 56.3 Å². The van der Waals surface area contributed by atoms with Crippen LogP contribution in [0.1, 0.15) is 110 Å². The van der Waals surface area contributed by atoms with E-state index in [1.165, 1.54) is 70.6 Å². The molecule has 2 aliphatic carbocycles. The number of rotatable bonds is 14. The van der Waals surface area contributed by atoms with Crippen LogP contribution < -0.4 is 0 Å². The molecule has 0 aromatic heterocycles. The highest BCUT2D eigenvalue weighted by atomic mass is 16.5. The maximum Gasteiger partial charge on any atom is 0.305 e. The van der Waals surface area contributed by atoms with E-state index in [1.54, 1.807) is 0 Å². The predicted octanol–water partition coefficient (Wildman–Crippen LogP) is 7.17. The molecule has 4 nitrogen and oxygen atoms in total. The van der Waals surface area contributed by atoms with Crippen molar-refractivity contribution in [1.29, 1.82) is 0 Å². The first-order chi connectivity index (χ1) is 17.8. The third-order valence-electron chi connectivity index (χ3n) is 8.69. The normalized spacial score (nSPS) is 24.5. The molecule has 1 heterocycles. The molecule has 3 aliphatic rings. The maximum absolute atomic E-state index is 12.0. The number of hydrogen-bond acceptors (Lipinski definition) is 4. The van der Waals surface area contributed by atoms with Gasteiger partial charge >= 0.3 is 5.97 Å². The summed E-state index contributed by atoms with van der Waals surface area (Å²) in [5, 5.41) is 0. The fourth-order valence-electron chi connectivity index (χ4n) is 6.35. The second-order valence-electron chi connectivity index (χ2n) is 11.4. The topological polar surface area (TPSA) is 38.8 Å². The Morgan fingerprint density at radius 2 is 1.89 bits per heavy atom. The smallest absolute Gasteiger partial charge is 0.305 e. The predicted molar refractivity (Wildman–Crippen MR) is 149 cm³/mol. The van der Waals surface area contributed by atoms with E-state index in [-0.39, 0.29) is 5.97 Å². The lowest BCUT2D eigenvalue weighted by Gasteiger charge is -2.29. The molecule has 2 saturated carbocycles. The first kappa shape index (κ1) is 29.2. The molecule has 0 bridgehead atoms. The van der Waals surface area contributed by atoms with Gasteiger partial charge in [-0.25, -0.2) is 0 Å². The first-order valence-electron chi connectivity index (χ1n) is 15.4. The fraction of sp³-hybridized carbons (Fsp3) is 0.844. The molecule has 3 atom stereocenters. The summed E-state index contributed by atoms with van der Waals surface area (Å²) in [6.07, 6.45) is 24.4. The third kappa shape index (κ3) is 11.4. The molecule has 36 heavy (non-hydrogen) atoms. The molecule has 0 N–H and O–H groups in total. The van der Waals surface area contributed by atoms with Gasteiger partial charge in [-0.1, -0.05) is 76.4 Å². The average Bonchev–Trinajstić information content (AvgIpc) is 3.36. The van der Waals surface area contributed by atoms with Gasteiger partial charge in [0.05, 0.1) is 13.2 Å². The van der Waals surface area contributed by atoms with Crippen LogP contribution in [0.25, 0.3) is 0 Å². The highest BCUT2D eigenvalue weighted by molar-refractivity contribution is 5.69. The van der Waals surface area contributed by atoms with Crippen molar-refractivity contribution in [3.8, 4) is 11.8 Å². The van der Waals surface area contributed by atoms with Gasteiger partial charge in [-0.3, -0.25) is 9.69 Å². The molecule has 0 radical (unpaired) electrons. The molecule has 0 aromatic rings. The van der Waals surface area contributed by atoms with Crippen molar-refractivity contribution < 1.29 is 14.3 Å². The molecule has 0 spiro atoms.